The summed E-state index contributed by atoms with van der Waals surface area (Å²) in [5.74, 6) is 0.420. The van der Waals surface area contributed by atoms with Crippen LogP contribution >= 0.6 is 0 Å². The number of rotatable bonds is 5. The van der Waals surface area contributed by atoms with E-state index < -0.39 is 16.3 Å². The quantitative estimate of drug-likeness (QED) is 0.715. The third-order valence-electron chi connectivity index (χ3n) is 4.55. The molecular weight excluding hydrogens is 388 g/mol. The normalized spacial score (nSPS) is 13.3. The standard InChI is InChI=1S/C22H38N2O4S/c1-14(2)24(15(3)4)29(26,27)23-20(25)28-19-17(21(6,7)8)12-16(5)13-18(19)22(9,10)11/h12-15H,1-11H3,(H,23,25). The third kappa shape index (κ3) is 6.44. The molecule has 0 unspecified atom stereocenters. The van der Waals surface area contributed by atoms with Crippen LogP contribution in [0.5, 0.6) is 5.75 Å². The predicted octanol–water partition coefficient (Wildman–Crippen LogP) is 5.04. The molecule has 7 heteroatoms. The summed E-state index contributed by atoms with van der Waals surface area (Å²) in [5, 5.41) is 0. The van der Waals surface area contributed by atoms with E-state index in [9.17, 15) is 13.2 Å². The van der Waals surface area contributed by atoms with Crippen LogP contribution in [0.3, 0.4) is 0 Å². The zero-order valence-corrected chi connectivity index (χ0v) is 20.6. The molecule has 6 nitrogen and oxygen atoms in total. The minimum absolute atomic E-state index is 0.289. The second-order valence-corrected chi connectivity index (χ2v) is 11.8. The Morgan fingerprint density at radius 1 is 0.931 bits per heavy atom. The number of carbonyl (C=O) groups is 1. The van der Waals surface area contributed by atoms with E-state index in [1.54, 1.807) is 27.7 Å². The van der Waals surface area contributed by atoms with Crippen LogP contribution in [0.1, 0.15) is 85.9 Å². The number of benzene rings is 1. The van der Waals surface area contributed by atoms with E-state index in [0.717, 1.165) is 16.7 Å². The molecule has 1 N–H and O–H groups in total. The Morgan fingerprint density at radius 3 is 1.62 bits per heavy atom. The summed E-state index contributed by atoms with van der Waals surface area (Å²) < 4.78 is 34.5. The van der Waals surface area contributed by atoms with Crippen molar-refractivity contribution in [3.8, 4) is 5.75 Å². The van der Waals surface area contributed by atoms with Gasteiger partial charge in [0.25, 0.3) is 0 Å². The summed E-state index contributed by atoms with van der Waals surface area (Å²) in [5.41, 5.74) is 2.20. The van der Waals surface area contributed by atoms with Crippen molar-refractivity contribution in [2.75, 3.05) is 0 Å². The fraction of sp³-hybridized carbons (Fsp3) is 0.682. The maximum absolute atomic E-state index is 12.7. The first kappa shape index (κ1) is 25.4. The van der Waals surface area contributed by atoms with Gasteiger partial charge in [0, 0.05) is 23.2 Å². The molecule has 166 valence electrons. The Hall–Kier alpha value is -1.60. The molecule has 0 aliphatic heterocycles. The Morgan fingerprint density at radius 2 is 1.31 bits per heavy atom. The van der Waals surface area contributed by atoms with E-state index in [1.165, 1.54) is 4.31 Å². The number of carbonyl (C=O) groups excluding carboxylic acids is 1. The second-order valence-electron chi connectivity index (χ2n) is 10.2. The van der Waals surface area contributed by atoms with Gasteiger partial charge in [-0.15, -0.1) is 0 Å². The minimum atomic E-state index is -4.04. The second kappa shape index (κ2) is 8.64. The lowest BCUT2D eigenvalue weighted by Gasteiger charge is -2.31. The molecule has 0 heterocycles. The molecule has 0 aliphatic rings. The number of hydrogen-bond acceptors (Lipinski definition) is 4. The molecule has 1 aromatic carbocycles. The van der Waals surface area contributed by atoms with E-state index in [-0.39, 0.29) is 22.9 Å². The monoisotopic (exact) mass is 426 g/mol. The van der Waals surface area contributed by atoms with Crippen molar-refractivity contribution >= 4 is 16.3 Å². The first-order valence-electron chi connectivity index (χ1n) is 10.1. The fourth-order valence-corrected chi connectivity index (χ4v) is 4.89. The Kier molecular flexibility index (Phi) is 7.58. The molecule has 0 spiro atoms. The molecule has 0 radical (unpaired) electrons. The van der Waals surface area contributed by atoms with Crippen LogP contribution in [0.2, 0.25) is 0 Å². The zero-order valence-electron chi connectivity index (χ0n) is 19.8. The summed E-state index contributed by atoms with van der Waals surface area (Å²) in [6.45, 7) is 21.3. The van der Waals surface area contributed by atoms with Gasteiger partial charge in [-0.1, -0.05) is 59.2 Å². The highest BCUT2D eigenvalue weighted by Gasteiger charge is 2.32. The lowest BCUT2D eigenvalue weighted by molar-refractivity contribution is 0.203. The summed E-state index contributed by atoms with van der Waals surface area (Å²) >= 11 is 0. The molecule has 0 aromatic heterocycles. The smallest absolute Gasteiger partial charge is 0.409 e. The number of hydrogen-bond donors (Lipinski definition) is 1. The molecule has 1 aromatic rings. The maximum atomic E-state index is 12.7. The first-order chi connectivity index (χ1) is 12.9. The zero-order chi connectivity index (χ0) is 22.9. The third-order valence-corrected chi connectivity index (χ3v) is 6.37. The van der Waals surface area contributed by atoms with Crippen LogP contribution in [0.25, 0.3) is 0 Å². The lowest BCUT2D eigenvalue weighted by Crippen LogP contribution is -2.50. The van der Waals surface area contributed by atoms with E-state index >= 15 is 0 Å². The van der Waals surface area contributed by atoms with Crippen LogP contribution in [0.4, 0.5) is 4.79 Å². The Labute approximate surface area is 177 Å². The number of ether oxygens (including phenoxy) is 1. The molecular formula is C22H38N2O4S. The number of amides is 1. The topological polar surface area (TPSA) is 75.7 Å². The lowest BCUT2D eigenvalue weighted by atomic mass is 9.78. The molecule has 1 amide bonds. The van der Waals surface area contributed by atoms with Crippen LogP contribution in [0, 0.1) is 6.92 Å². The van der Waals surface area contributed by atoms with Gasteiger partial charge < -0.3 is 4.74 Å². The van der Waals surface area contributed by atoms with E-state index in [0.29, 0.717) is 5.75 Å². The minimum Gasteiger partial charge on any atom is -0.409 e. The SMILES string of the molecule is Cc1cc(C(C)(C)C)c(OC(=O)NS(=O)(=O)N(C(C)C)C(C)C)c(C(C)(C)C)c1. The van der Waals surface area contributed by atoms with Crippen LogP contribution in [-0.4, -0.2) is 30.9 Å². The Balaban J connectivity index is 3.41. The summed E-state index contributed by atoms with van der Waals surface area (Å²) in [4.78, 5) is 12.7. The molecule has 0 saturated heterocycles. The van der Waals surface area contributed by atoms with Gasteiger partial charge in [-0.25, -0.2) is 9.52 Å². The van der Waals surface area contributed by atoms with Crippen LogP contribution in [0.15, 0.2) is 12.1 Å². The van der Waals surface area contributed by atoms with Crippen molar-refractivity contribution in [1.82, 2.24) is 9.03 Å². The largest absolute Gasteiger partial charge is 0.427 e. The maximum Gasteiger partial charge on any atom is 0.427 e. The van der Waals surface area contributed by atoms with Crippen molar-refractivity contribution < 1.29 is 17.9 Å². The van der Waals surface area contributed by atoms with Crippen LogP contribution in [-0.2, 0) is 21.0 Å². The van der Waals surface area contributed by atoms with Crippen molar-refractivity contribution in [3.63, 3.8) is 0 Å². The highest BCUT2D eigenvalue weighted by atomic mass is 32.2. The average Bonchev–Trinajstić information content (AvgIpc) is 2.44. The van der Waals surface area contributed by atoms with Crippen molar-refractivity contribution in [1.29, 1.82) is 0 Å². The van der Waals surface area contributed by atoms with Crippen molar-refractivity contribution in [2.24, 2.45) is 0 Å². The highest BCUT2D eigenvalue weighted by Crippen LogP contribution is 2.40. The van der Waals surface area contributed by atoms with Gasteiger partial charge in [-0.2, -0.15) is 12.7 Å². The van der Waals surface area contributed by atoms with Crippen molar-refractivity contribution in [3.05, 3.63) is 28.8 Å². The van der Waals surface area contributed by atoms with E-state index in [2.05, 4.69) is 4.72 Å². The molecule has 0 bridgehead atoms. The number of nitrogens with one attached hydrogen (secondary N) is 1. The first-order valence-corrected chi connectivity index (χ1v) is 11.5. The molecule has 0 atom stereocenters. The fourth-order valence-electron chi connectivity index (χ4n) is 3.42. The van der Waals surface area contributed by atoms with Crippen molar-refractivity contribution in [2.45, 2.75) is 99.1 Å². The average molecular weight is 427 g/mol. The molecule has 0 fully saturated rings. The molecule has 1 rings (SSSR count). The number of nitrogens with zero attached hydrogens (tertiary/aromatic N) is 1. The predicted molar refractivity (Wildman–Crippen MR) is 119 cm³/mol. The van der Waals surface area contributed by atoms with Gasteiger partial charge >= 0.3 is 16.3 Å². The number of aryl methyl sites for hydroxylation is 1. The molecule has 29 heavy (non-hydrogen) atoms. The highest BCUT2D eigenvalue weighted by molar-refractivity contribution is 7.87. The van der Waals surface area contributed by atoms with Gasteiger partial charge in [0.2, 0.25) is 0 Å². The van der Waals surface area contributed by atoms with Gasteiger partial charge in [0.05, 0.1) is 0 Å². The van der Waals surface area contributed by atoms with Gasteiger partial charge in [-0.05, 0) is 45.4 Å². The van der Waals surface area contributed by atoms with Gasteiger partial charge in [0.15, 0.2) is 0 Å². The summed E-state index contributed by atoms with van der Waals surface area (Å²) in [7, 11) is -4.04. The molecule has 0 aliphatic carbocycles. The molecule has 0 saturated carbocycles. The summed E-state index contributed by atoms with van der Waals surface area (Å²) in [6.07, 6.45) is -1.00. The Bertz CT molecular complexity index is 802. The van der Waals surface area contributed by atoms with Gasteiger partial charge in [-0.3, -0.25) is 0 Å². The van der Waals surface area contributed by atoms with Crippen LogP contribution < -0.4 is 9.46 Å². The van der Waals surface area contributed by atoms with E-state index in [1.807, 2.05) is 60.6 Å². The van der Waals surface area contributed by atoms with Gasteiger partial charge in [0.1, 0.15) is 5.75 Å². The summed E-state index contributed by atoms with van der Waals surface area (Å²) in [6, 6.07) is 3.38. The van der Waals surface area contributed by atoms with E-state index in [4.69, 9.17) is 4.74 Å².